The summed E-state index contributed by atoms with van der Waals surface area (Å²) < 4.78 is 6.02. The maximum Gasteiger partial charge on any atom is 0.248 e. The van der Waals surface area contributed by atoms with Crippen LogP contribution in [-0.4, -0.2) is 39.5 Å². The third-order valence-electron chi connectivity index (χ3n) is 7.74. The first-order valence-corrected chi connectivity index (χ1v) is 12.3. The topological polar surface area (TPSA) is 118 Å². The highest BCUT2D eigenvalue weighted by molar-refractivity contribution is 5.91. The highest BCUT2D eigenvalue weighted by Gasteiger charge is 2.53. The number of carbonyl (C=O) groups excluding carboxylic acids is 2. The van der Waals surface area contributed by atoms with E-state index < -0.39 is 17.4 Å². The molecule has 8 nitrogen and oxygen atoms in total. The minimum absolute atomic E-state index is 0.110. The molecular weight excluding hydrogens is 456 g/mol. The summed E-state index contributed by atoms with van der Waals surface area (Å²) in [4.78, 5) is 32.0. The molecule has 0 bridgehead atoms. The van der Waals surface area contributed by atoms with Gasteiger partial charge in [-0.2, -0.15) is 0 Å². The molecule has 2 aromatic carbocycles. The lowest BCUT2D eigenvalue weighted by atomic mass is 9.89. The second-order valence-corrected chi connectivity index (χ2v) is 10.7. The van der Waals surface area contributed by atoms with Crippen LogP contribution in [0.4, 0.5) is 0 Å². The molecule has 2 fully saturated rings. The van der Waals surface area contributed by atoms with E-state index in [0.29, 0.717) is 38.2 Å². The molecule has 188 valence electrons. The lowest BCUT2D eigenvalue weighted by molar-refractivity contribution is -0.139. The van der Waals surface area contributed by atoms with E-state index in [1.165, 1.54) is 0 Å². The van der Waals surface area contributed by atoms with Crippen molar-refractivity contribution in [1.29, 1.82) is 0 Å². The van der Waals surface area contributed by atoms with E-state index in [2.05, 4.69) is 18.8 Å². The van der Waals surface area contributed by atoms with Crippen LogP contribution in [0.25, 0.3) is 10.9 Å². The lowest BCUT2D eigenvalue weighted by Gasteiger charge is -2.31. The van der Waals surface area contributed by atoms with Gasteiger partial charge in [-0.3, -0.25) is 19.8 Å². The van der Waals surface area contributed by atoms with Gasteiger partial charge in [-0.05, 0) is 54.5 Å². The fourth-order valence-corrected chi connectivity index (χ4v) is 5.84. The van der Waals surface area contributed by atoms with E-state index in [4.69, 9.17) is 10.5 Å². The molecule has 1 aliphatic heterocycles. The molecule has 3 aromatic rings. The molecular formula is C28H32N4O4. The van der Waals surface area contributed by atoms with Gasteiger partial charge < -0.3 is 15.4 Å². The largest absolute Gasteiger partial charge is 0.489 e. The minimum atomic E-state index is -1.16. The minimum Gasteiger partial charge on any atom is -0.489 e. The summed E-state index contributed by atoms with van der Waals surface area (Å²) in [5, 5.41) is 10.3. The summed E-state index contributed by atoms with van der Waals surface area (Å²) >= 11 is 0. The van der Waals surface area contributed by atoms with Gasteiger partial charge in [0.2, 0.25) is 11.8 Å². The molecule has 1 saturated carbocycles. The Morgan fingerprint density at radius 3 is 2.67 bits per heavy atom. The predicted molar refractivity (Wildman–Crippen MR) is 135 cm³/mol. The number of benzene rings is 2. The van der Waals surface area contributed by atoms with Crippen LogP contribution in [0.3, 0.4) is 0 Å². The molecule has 36 heavy (non-hydrogen) atoms. The first-order chi connectivity index (χ1) is 17.2. The second-order valence-electron chi connectivity index (χ2n) is 10.7. The van der Waals surface area contributed by atoms with Gasteiger partial charge >= 0.3 is 0 Å². The van der Waals surface area contributed by atoms with Crippen molar-refractivity contribution in [1.82, 2.24) is 15.4 Å². The Morgan fingerprint density at radius 2 is 1.92 bits per heavy atom. The molecule has 1 aliphatic carbocycles. The number of nitrogens with two attached hydrogens (primary N) is 1. The molecule has 1 saturated heterocycles. The number of hydrogen-bond donors (Lipinski definition) is 3. The first kappa shape index (κ1) is 24.2. The van der Waals surface area contributed by atoms with E-state index >= 15 is 0 Å². The van der Waals surface area contributed by atoms with Crippen LogP contribution < -0.4 is 16.0 Å². The van der Waals surface area contributed by atoms with Crippen LogP contribution in [0.5, 0.6) is 5.75 Å². The molecule has 1 aromatic heterocycles. The zero-order valence-corrected chi connectivity index (χ0v) is 20.6. The lowest BCUT2D eigenvalue weighted by Crippen LogP contribution is -2.50. The summed E-state index contributed by atoms with van der Waals surface area (Å²) in [6.07, 6.45) is 3.52. The zero-order valence-electron chi connectivity index (χ0n) is 20.6. The van der Waals surface area contributed by atoms with Gasteiger partial charge in [0.15, 0.2) is 0 Å². The summed E-state index contributed by atoms with van der Waals surface area (Å²) in [6.45, 7) is 5.02. The Morgan fingerprint density at radius 1 is 1.17 bits per heavy atom. The summed E-state index contributed by atoms with van der Waals surface area (Å²) in [7, 11) is 0. The van der Waals surface area contributed by atoms with Crippen molar-refractivity contribution in [2.75, 3.05) is 6.54 Å². The number of ether oxygens (including phenoxy) is 1. The molecule has 0 radical (unpaired) electrons. The summed E-state index contributed by atoms with van der Waals surface area (Å²) in [6, 6.07) is 17.0. The molecule has 2 heterocycles. The highest BCUT2D eigenvalue weighted by atomic mass is 16.5. The number of hydroxylamine groups is 1. The smallest absolute Gasteiger partial charge is 0.248 e. The monoisotopic (exact) mass is 488 g/mol. The van der Waals surface area contributed by atoms with Crippen LogP contribution >= 0.6 is 0 Å². The van der Waals surface area contributed by atoms with Gasteiger partial charge in [0.1, 0.15) is 17.9 Å². The number of likely N-dealkylation sites (tertiary alicyclic amines) is 1. The maximum absolute atomic E-state index is 13.6. The number of carbonyl (C=O) groups is 2. The molecule has 0 spiro atoms. The van der Waals surface area contributed by atoms with E-state index in [1.54, 1.807) is 16.6 Å². The molecule has 4 N–H and O–H groups in total. The standard InChI is InChI=1S/C28H32N4O4/c1-27(2)15-22(25(33)31-35)24(16-27)32-14-12-28(29,26(32)34)19-7-9-20(10-8-19)36-17-18-11-13-30-23-6-4-3-5-21(18)23/h3-11,13,22,24,35H,12,14-17,29H2,1-2H3,(H,31,33). The number of fused-ring (bicyclic) bond motifs is 1. The van der Waals surface area contributed by atoms with Gasteiger partial charge in [0, 0.05) is 29.7 Å². The fraction of sp³-hybridized carbons (Fsp3) is 0.393. The quantitative estimate of drug-likeness (QED) is 0.361. The Bertz CT molecular complexity index is 1290. The molecule has 5 rings (SSSR count). The van der Waals surface area contributed by atoms with Crippen molar-refractivity contribution in [2.24, 2.45) is 17.1 Å². The van der Waals surface area contributed by atoms with Gasteiger partial charge in [0.25, 0.3) is 0 Å². The summed E-state index contributed by atoms with van der Waals surface area (Å²) in [5.74, 6) is -0.409. The van der Waals surface area contributed by atoms with Crippen molar-refractivity contribution < 1.29 is 19.5 Å². The average molecular weight is 489 g/mol. The maximum atomic E-state index is 13.6. The van der Waals surface area contributed by atoms with Crippen LogP contribution in [0.15, 0.2) is 60.8 Å². The number of pyridine rings is 1. The van der Waals surface area contributed by atoms with Crippen LogP contribution in [0, 0.1) is 11.3 Å². The van der Waals surface area contributed by atoms with E-state index in [9.17, 15) is 14.8 Å². The predicted octanol–water partition coefficient (Wildman–Crippen LogP) is 3.51. The van der Waals surface area contributed by atoms with Gasteiger partial charge in [-0.15, -0.1) is 0 Å². The van der Waals surface area contributed by atoms with Crippen LogP contribution in [0.1, 0.15) is 44.2 Å². The number of rotatable bonds is 6. The van der Waals surface area contributed by atoms with Gasteiger partial charge in [-0.25, -0.2) is 5.48 Å². The second kappa shape index (κ2) is 9.19. The molecule has 3 unspecified atom stereocenters. The molecule has 2 aliphatic rings. The molecule has 8 heteroatoms. The molecule has 3 atom stereocenters. The Labute approximate surface area is 210 Å². The van der Waals surface area contributed by atoms with Gasteiger partial charge in [0.05, 0.1) is 11.4 Å². The zero-order chi connectivity index (χ0) is 25.5. The number of para-hydroxylation sites is 1. The van der Waals surface area contributed by atoms with Crippen molar-refractivity contribution in [3.63, 3.8) is 0 Å². The highest BCUT2D eigenvalue weighted by Crippen LogP contribution is 2.46. The van der Waals surface area contributed by atoms with Crippen molar-refractivity contribution in [3.05, 3.63) is 71.9 Å². The number of nitrogens with one attached hydrogen (secondary N) is 1. The SMILES string of the molecule is CC1(C)CC(C(=O)NO)C(N2CCC(N)(c3ccc(OCc4ccnc5ccccc45)cc3)C2=O)C1. The average Bonchev–Trinajstić information content (AvgIpc) is 3.37. The van der Waals surface area contributed by atoms with Crippen molar-refractivity contribution in [2.45, 2.75) is 51.3 Å². The Hall–Kier alpha value is -3.49. The Kier molecular flexibility index (Phi) is 6.18. The number of amides is 2. The van der Waals surface area contributed by atoms with Crippen molar-refractivity contribution >= 4 is 22.7 Å². The Balaban J connectivity index is 1.30. The van der Waals surface area contributed by atoms with E-state index in [1.807, 2.05) is 54.6 Å². The third-order valence-corrected chi connectivity index (χ3v) is 7.74. The van der Waals surface area contributed by atoms with Crippen molar-refractivity contribution in [3.8, 4) is 5.75 Å². The van der Waals surface area contributed by atoms with Gasteiger partial charge in [-0.1, -0.05) is 44.2 Å². The van der Waals surface area contributed by atoms with E-state index in [-0.39, 0.29) is 17.4 Å². The normalized spacial score (nSPS) is 25.3. The summed E-state index contributed by atoms with van der Waals surface area (Å²) in [5.41, 5.74) is 9.89. The van der Waals surface area contributed by atoms with E-state index in [0.717, 1.165) is 22.0 Å². The number of aromatic nitrogens is 1. The molecule has 2 amide bonds. The number of nitrogens with zero attached hydrogens (tertiary/aromatic N) is 2. The van der Waals surface area contributed by atoms with Crippen LogP contribution in [0.2, 0.25) is 0 Å². The number of hydrogen-bond acceptors (Lipinski definition) is 6. The first-order valence-electron chi connectivity index (χ1n) is 12.3. The van der Waals surface area contributed by atoms with Crippen LogP contribution in [-0.2, 0) is 21.7 Å². The third kappa shape index (κ3) is 4.31. The fourth-order valence-electron chi connectivity index (χ4n) is 5.84.